The number of fused-ring (bicyclic) bond motifs is 1. The van der Waals surface area contributed by atoms with E-state index in [1.165, 1.54) is 12.1 Å². The molecule has 3 N–H and O–H groups in total. The maximum Gasteiger partial charge on any atom is 0.320 e. The molecule has 0 unspecified atom stereocenters. The average molecular weight is 405 g/mol. The number of hydrogen-bond acceptors (Lipinski definition) is 3. The molecule has 0 spiro atoms. The van der Waals surface area contributed by atoms with E-state index in [2.05, 4.69) is 16.0 Å². The van der Waals surface area contributed by atoms with Crippen LogP contribution in [-0.2, 0) is 12.8 Å². The van der Waals surface area contributed by atoms with E-state index < -0.39 is 0 Å². The fourth-order valence-corrected chi connectivity index (χ4v) is 4.48. The van der Waals surface area contributed by atoms with Gasteiger partial charge in [-0.2, -0.15) is 5.10 Å². The van der Waals surface area contributed by atoms with Crippen molar-refractivity contribution in [1.29, 1.82) is 0 Å². The molecule has 1 saturated heterocycles. The van der Waals surface area contributed by atoms with Gasteiger partial charge in [0, 0.05) is 24.6 Å². The Kier molecular flexibility index (Phi) is 4.96. The Bertz CT molecular complexity index is 1050. The largest absolute Gasteiger partial charge is 0.333 e. The van der Waals surface area contributed by atoms with Gasteiger partial charge in [-0.05, 0) is 49.1 Å². The number of anilines is 1. The second kappa shape index (κ2) is 7.91. The zero-order valence-electron chi connectivity index (χ0n) is 16.6. The van der Waals surface area contributed by atoms with Gasteiger partial charge in [0.1, 0.15) is 11.6 Å². The van der Waals surface area contributed by atoms with E-state index >= 15 is 0 Å². The van der Waals surface area contributed by atoms with E-state index in [1.807, 2.05) is 35.0 Å². The Morgan fingerprint density at radius 2 is 1.87 bits per heavy atom. The lowest BCUT2D eigenvalue weighted by molar-refractivity contribution is 0.248. The van der Waals surface area contributed by atoms with Crippen LogP contribution in [0.3, 0.4) is 0 Å². The zero-order valence-corrected chi connectivity index (χ0v) is 16.6. The van der Waals surface area contributed by atoms with Gasteiger partial charge in [-0.25, -0.2) is 13.9 Å². The monoisotopic (exact) mass is 405 g/mol. The molecule has 2 aromatic carbocycles. The highest BCUT2D eigenvalue weighted by atomic mass is 19.1. The Morgan fingerprint density at radius 3 is 2.67 bits per heavy atom. The summed E-state index contributed by atoms with van der Waals surface area (Å²) in [5.74, 6) is 0.589. The molecule has 2 aliphatic rings. The summed E-state index contributed by atoms with van der Waals surface area (Å²) in [4.78, 5) is 12.9. The van der Waals surface area contributed by atoms with Crippen molar-refractivity contribution in [2.75, 3.05) is 18.4 Å². The first-order chi connectivity index (χ1) is 14.7. The molecule has 5 rings (SSSR count). The summed E-state index contributed by atoms with van der Waals surface area (Å²) in [6.07, 6.45) is 2.91. The summed E-state index contributed by atoms with van der Waals surface area (Å²) in [6, 6.07) is 16.0. The minimum Gasteiger partial charge on any atom is -0.333 e. The van der Waals surface area contributed by atoms with E-state index in [4.69, 9.17) is 5.10 Å². The van der Waals surface area contributed by atoms with Crippen molar-refractivity contribution >= 4 is 11.8 Å². The quantitative estimate of drug-likeness (QED) is 0.623. The number of aromatic nitrogens is 2. The molecule has 2 amide bonds. The Balaban J connectivity index is 1.35. The summed E-state index contributed by atoms with van der Waals surface area (Å²) < 4.78 is 15.1. The van der Waals surface area contributed by atoms with Gasteiger partial charge < -0.3 is 10.6 Å². The van der Waals surface area contributed by atoms with Crippen LogP contribution in [0.4, 0.5) is 15.0 Å². The molecule has 7 heteroatoms. The number of hydrogen-bond donors (Lipinski definition) is 3. The summed E-state index contributed by atoms with van der Waals surface area (Å²) in [7, 11) is 0. The lowest BCUT2D eigenvalue weighted by atomic mass is 9.94. The maximum absolute atomic E-state index is 13.3. The van der Waals surface area contributed by atoms with Crippen molar-refractivity contribution in [2.24, 2.45) is 0 Å². The molecule has 0 bridgehead atoms. The summed E-state index contributed by atoms with van der Waals surface area (Å²) >= 11 is 0. The molecule has 1 fully saturated rings. The summed E-state index contributed by atoms with van der Waals surface area (Å²) in [5, 5.41) is 14.2. The van der Waals surface area contributed by atoms with Crippen molar-refractivity contribution in [3.05, 3.63) is 77.2 Å². The van der Waals surface area contributed by atoms with Gasteiger partial charge in [0.05, 0.1) is 17.4 Å². The van der Waals surface area contributed by atoms with Crippen LogP contribution in [0.2, 0.25) is 0 Å². The fraction of sp³-hybridized carbons (Fsp3) is 0.304. The molecular weight excluding hydrogens is 381 g/mol. The second-order valence-corrected chi connectivity index (χ2v) is 7.90. The molecule has 1 aromatic heterocycles. The van der Waals surface area contributed by atoms with E-state index in [0.29, 0.717) is 6.54 Å². The van der Waals surface area contributed by atoms with Gasteiger partial charge >= 0.3 is 6.03 Å². The number of para-hydroxylation sites is 1. The van der Waals surface area contributed by atoms with Gasteiger partial charge in [-0.1, -0.05) is 30.3 Å². The van der Waals surface area contributed by atoms with Crippen LogP contribution in [-0.4, -0.2) is 34.9 Å². The van der Waals surface area contributed by atoms with Gasteiger partial charge in [0.15, 0.2) is 0 Å². The van der Waals surface area contributed by atoms with Crippen molar-refractivity contribution < 1.29 is 9.18 Å². The smallest absolute Gasteiger partial charge is 0.320 e. The predicted octanol–water partition coefficient (Wildman–Crippen LogP) is 3.38. The zero-order chi connectivity index (χ0) is 20.5. The SMILES string of the molecule is O=C(Nc1c2c(nn1-c1ccccc1)CCC2)N[C@@H]1CNC[C@H]1c1ccc(F)cc1. The average Bonchev–Trinajstić information content (AvgIpc) is 3.47. The van der Waals surface area contributed by atoms with E-state index in [1.54, 1.807) is 12.1 Å². The number of carbonyl (C=O) groups excluding carboxylic acids is 1. The first-order valence-corrected chi connectivity index (χ1v) is 10.4. The van der Waals surface area contributed by atoms with Gasteiger partial charge in [-0.3, -0.25) is 5.32 Å². The number of halogens is 1. The maximum atomic E-state index is 13.3. The van der Waals surface area contributed by atoms with E-state index in [0.717, 1.165) is 54.1 Å². The number of urea groups is 1. The van der Waals surface area contributed by atoms with Crippen LogP contribution < -0.4 is 16.0 Å². The molecule has 2 heterocycles. The number of benzene rings is 2. The minimum absolute atomic E-state index is 0.0726. The third-order valence-electron chi connectivity index (χ3n) is 5.97. The Labute approximate surface area is 174 Å². The highest BCUT2D eigenvalue weighted by molar-refractivity contribution is 5.90. The molecule has 30 heavy (non-hydrogen) atoms. The lowest BCUT2D eigenvalue weighted by Crippen LogP contribution is -2.42. The van der Waals surface area contributed by atoms with Crippen LogP contribution in [0.15, 0.2) is 54.6 Å². The fourth-order valence-electron chi connectivity index (χ4n) is 4.48. The van der Waals surface area contributed by atoms with Gasteiger partial charge in [-0.15, -0.1) is 0 Å². The molecule has 0 radical (unpaired) electrons. The normalized spacial score (nSPS) is 20.2. The number of amides is 2. The first kappa shape index (κ1) is 18.8. The third kappa shape index (κ3) is 3.57. The summed E-state index contributed by atoms with van der Waals surface area (Å²) in [5.41, 5.74) is 4.12. The number of nitrogens with one attached hydrogen (secondary N) is 3. The van der Waals surface area contributed by atoms with E-state index in [9.17, 15) is 9.18 Å². The Morgan fingerprint density at radius 1 is 1.07 bits per heavy atom. The van der Waals surface area contributed by atoms with Gasteiger partial charge in [0.2, 0.25) is 0 Å². The van der Waals surface area contributed by atoms with Crippen LogP contribution in [0.1, 0.15) is 29.2 Å². The topological polar surface area (TPSA) is 71.0 Å². The number of aryl methyl sites for hydroxylation is 1. The number of nitrogens with zero attached hydrogens (tertiary/aromatic N) is 2. The molecule has 6 nitrogen and oxygen atoms in total. The van der Waals surface area contributed by atoms with Crippen LogP contribution in [0, 0.1) is 5.82 Å². The highest BCUT2D eigenvalue weighted by Gasteiger charge is 2.31. The number of carbonyl (C=O) groups is 1. The standard InChI is InChI=1S/C23H24FN5O/c24-16-11-9-15(10-12-16)19-13-25-14-21(19)26-23(30)27-22-18-7-4-8-20(18)28-29(22)17-5-2-1-3-6-17/h1-3,5-6,9-12,19,21,25H,4,7-8,13-14H2,(H2,26,27,30)/t19-,21+/m0/s1. The van der Waals surface area contributed by atoms with Crippen molar-refractivity contribution in [1.82, 2.24) is 20.4 Å². The van der Waals surface area contributed by atoms with Crippen molar-refractivity contribution in [3.63, 3.8) is 0 Å². The molecule has 1 aliphatic heterocycles. The lowest BCUT2D eigenvalue weighted by Gasteiger charge is -2.21. The molecule has 2 atom stereocenters. The van der Waals surface area contributed by atoms with Crippen molar-refractivity contribution in [2.45, 2.75) is 31.2 Å². The molecule has 1 aliphatic carbocycles. The predicted molar refractivity (Wildman–Crippen MR) is 114 cm³/mol. The molecular formula is C23H24FN5O. The highest BCUT2D eigenvalue weighted by Crippen LogP contribution is 2.31. The van der Waals surface area contributed by atoms with Crippen LogP contribution >= 0.6 is 0 Å². The van der Waals surface area contributed by atoms with Crippen molar-refractivity contribution in [3.8, 4) is 5.69 Å². The molecule has 3 aromatic rings. The molecule has 154 valence electrons. The third-order valence-corrected chi connectivity index (χ3v) is 5.97. The molecule has 0 saturated carbocycles. The van der Waals surface area contributed by atoms with Crippen LogP contribution in [0.25, 0.3) is 5.69 Å². The van der Waals surface area contributed by atoms with E-state index in [-0.39, 0.29) is 23.8 Å². The number of rotatable bonds is 4. The first-order valence-electron chi connectivity index (χ1n) is 10.4. The summed E-state index contributed by atoms with van der Waals surface area (Å²) in [6.45, 7) is 1.42. The second-order valence-electron chi connectivity index (χ2n) is 7.90. The van der Waals surface area contributed by atoms with Crippen LogP contribution in [0.5, 0.6) is 0 Å². The van der Waals surface area contributed by atoms with Gasteiger partial charge in [0.25, 0.3) is 0 Å². The minimum atomic E-state index is -0.255. The Hall–Kier alpha value is -3.19.